The van der Waals surface area contributed by atoms with E-state index in [1.54, 1.807) is 48.8 Å². The van der Waals surface area contributed by atoms with Crippen LogP contribution in [0.2, 0.25) is 0 Å². The maximum Gasteiger partial charge on any atom is 0.407 e. The number of likely N-dealkylation sites (N-methyl/N-ethyl adjacent to an activating group) is 1. The predicted octanol–water partition coefficient (Wildman–Crippen LogP) is 14.4. The molecule has 7 N–H and O–H groups in total. The molecule has 4 bridgehead atoms. The Labute approximate surface area is 683 Å². The molecule has 1 unspecified atom stereocenters. The van der Waals surface area contributed by atoms with Gasteiger partial charge in [-0.2, -0.15) is 5.10 Å². The van der Waals surface area contributed by atoms with Crippen LogP contribution in [0.5, 0.6) is 0 Å². The number of nitrogens with zero attached hydrogens (tertiary/aromatic N) is 11. The number of rotatable bonds is 27. The summed E-state index contributed by atoms with van der Waals surface area (Å²) in [5.41, 5.74) is 18.3. The summed E-state index contributed by atoms with van der Waals surface area (Å²) < 4.78 is 27.9. The number of aromatic amines is 1. The zero-order valence-corrected chi connectivity index (χ0v) is 70.0. The summed E-state index contributed by atoms with van der Waals surface area (Å²) in [4.78, 5) is 80.6. The van der Waals surface area contributed by atoms with E-state index in [-0.39, 0.29) is 54.7 Å². The van der Waals surface area contributed by atoms with E-state index in [0.29, 0.717) is 48.3 Å². The molecule has 0 radical (unpaired) electrons. The van der Waals surface area contributed by atoms with Gasteiger partial charge in [-0.15, -0.1) is 35.1 Å². The zero-order chi connectivity index (χ0) is 79.7. The number of piperidine rings is 1. The number of urea groups is 1. The highest BCUT2D eigenvalue weighted by atomic mass is 35.5. The molecule has 0 spiro atoms. The molecular formula is C87H116ClFN16O7S2. The fraction of sp³-hybridized carbons (Fsp3) is 0.517. The molecule has 4 amide bonds. The molecule has 5 fully saturated rings. The summed E-state index contributed by atoms with van der Waals surface area (Å²) in [7, 11) is 5.88. The molecule has 612 valence electrons. The number of thiazole rings is 2. The first-order valence-electron chi connectivity index (χ1n) is 40.5. The van der Waals surface area contributed by atoms with Crippen molar-refractivity contribution in [1.82, 2.24) is 75.1 Å². The number of ether oxygens (including phenoxy) is 1. The highest BCUT2D eigenvalue weighted by Crippen LogP contribution is 2.61. The van der Waals surface area contributed by atoms with Gasteiger partial charge in [-0.05, 0) is 213 Å². The number of halogens is 2. The minimum Gasteiger partial charge on any atom is -0.444 e. The molecule has 4 saturated carbocycles. The highest BCUT2D eigenvalue weighted by Gasteiger charge is 2.52. The molecule has 27 heteroatoms. The maximum atomic E-state index is 13.9. The van der Waals surface area contributed by atoms with Crippen LogP contribution in [0.3, 0.4) is 0 Å². The normalized spacial score (nSPS) is 19.1. The molecule has 16 rings (SSSR count). The van der Waals surface area contributed by atoms with Crippen molar-refractivity contribution >= 4 is 75.0 Å². The lowest BCUT2D eigenvalue weighted by Gasteiger charge is -2.58. The van der Waals surface area contributed by atoms with Gasteiger partial charge in [0.1, 0.15) is 36.9 Å². The van der Waals surface area contributed by atoms with Gasteiger partial charge >= 0.3 is 12.1 Å². The van der Waals surface area contributed by atoms with Crippen molar-refractivity contribution in [1.29, 1.82) is 0 Å². The first-order chi connectivity index (χ1) is 54.5. The van der Waals surface area contributed by atoms with Gasteiger partial charge in [0, 0.05) is 108 Å². The van der Waals surface area contributed by atoms with Gasteiger partial charge in [0.2, 0.25) is 5.91 Å². The Bertz CT molecular complexity index is 4700. The van der Waals surface area contributed by atoms with Crippen molar-refractivity contribution in [2.24, 2.45) is 34.8 Å². The number of amides is 4. The van der Waals surface area contributed by atoms with E-state index in [4.69, 9.17) is 20.0 Å². The van der Waals surface area contributed by atoms with Crippen LogP contribution < -0.4 is 27.2 Å². The monoisotopic (exact) mass is 1610 g/mol. The Hall–Kier alpha value is -8.76. The number of aromatic nitrogens is 9. The molecule has 10 aromatic rings. The second kappa shape index (κ2) is 40.7. The summed E-state index contributed by atoms with van der Waals surface area (Å²) in [6, 6.07) is 28.4. The van der Waals surface area contributed by atoms with Gasteiger partial charge in [0.05, 0.1) is 52.0 Å². The molecule has 4 aliphatic carbocycles. The topological polar surface area (TPSA) is 286 Å². The summed E-state index contributed by atoms with van der Waals surface area (Å²) in [6.45, 7) is 17.9. The Balaban J connectivity index is 0.000000167. The number of hydrogen-bond donors (Lipinski definition) is 6. The van der Waals surface area contributed by atoms with Crippen LogP contribution in [-0.4, -0.2) is 160 Å². The van der Waals surface area contributed by atoms with Gasteiger partial charge in [0.25, 0.3) is 5.56 Å². The van der Waals surface area contributed by atoms with E-state index in [9.17, 15) is 28.7 Å². The first kappa shape index (κ1) is 86.1. The van der Waals surface area contributed by atoms with Crippen LogP contribution in [0, 0.1) is 41.8 Å². The van der Waals surface area contributed by atoms with Crippen molar-refractivity contribution in [2.45, 2.75) is 213 Å². The minimum atomic E-state index is -1.05. The van der Waals surface area contributed by atoms with E-state index in [0.717, 1.165) is 157 Å². The third kappa shape index (κ3) is 23.3. The quantitative estimate of drug-likeness (QED) is 0.0279. The van der Waals surface area contributed by atoms with Crippen LogP contribution in [-0.2, 0) is 67.9 Å². The molecule has 114 heavy (non-hydrogen) atoms. The fourth-order valence-corrected chi connectivity index (χ4v) is 18.8. The third-order valence-electron chi connectivity index (χ3n) is 23.3. The molecule has 4 aromatic carbocycles. The van der Waals surface area contributed by atoms with E-state index >= 15 is 0 Å². The van der Waals surface area contributed by atoms with Crippen molar-refractivity contribution < 1.29 is 33.1 Å². The third-order valence-corrected chi connectivity index (χ3v) is 25.3. The predicted molar refractivity (Wildman–Crippen MR) is 450 cm³/mol. The number of aliphatic hydroxyl groups is 1. The Morgan fingerprint density at radius 1 is 0.825 bits per heavy atom. The van der Waals surface area contributed by atoms with Crippen LogP contribution in [0.1, 0.15) is 178 Å². The summed E-state index contributed by atoms with van der Waals surface area (Å²) in [6.07, 6.45) is 22.1. The van der Waals surface area contributed by atoms with Gasteiger partial charge in [-0.3, -0.25) is 19.1 Å². The first-order valence-corrected chi connectivity index (χ1v) is 42.2. The molecule has 6 aliphatic rings. The lowest BCUT2D eigenvalue weighted by molar-refractivity contribution is -0.124. The van der Waals surface area contributed by atoms with Gasteiger partial charge in [-0.1, -0.05) is 99.6 Å². The molecule has 2 aliphatic heterocycles. The van der Waals surface area contributed by atoms with Crippen molar-refractivity contribution in [2.75, 3.05) is 47.3 Å². The number of alkyl carbamates (subject to hydrolysis) is 1. The standard InChI is InChI=1S/C37H48N6O5S2.C23H27FN4O2.C15H19N5.C12H21N.ClH/c1-24(2)33(42-36(46)43(5)20-29-22-49-35(40-29)25(3)4)34(45)39-28(16-26-12-8-6-9-13-26)18-32(44)31(17-27-14-10-7-11-15-27)41-37(47)48-21-30-19-38-23-50-30;1-15-18(23(29)28-10-3-2-4-21(28)25-15)9-13-27-11-7-16(8-12-27)22-19-6-5-17(24)14-20(19)30-26-22;1-19(2)6-5-13-8-17-15-4-3-12(7-14(13)15)9-20-11-16-10-18-20;1-8(13)12-5-9-2-10(6-12)4-11(3-9)7-12;/h6-15,19,22-25,28,31-33,44H,16-18,20-21H2,1-5H3,(H,39,45)(H,41,47)(H,42,46);5-6,14,16H,2-4,7-13H2,1H3;3-4,7-8,10-11,17H,5-6,9H2,1-2H3;8-11H,2-7,13H2,1H3;1H/t28-,31-,32-,33-;;;;/m0..../s1. The van der Waals surface area contributed by atoms with Crippen molar-refractivity contribution in [3.05, 3.63) is 210 Å². The fourth-order valence-electron chi connectivity index (χ4n) is 17.4. The molecule has 23 nitrogen and oxygen atoms in total. The smallest absolute Gasteiger partial charge is 0.407 e. The highest BCUT2D eigenvalue weighted by molar-refractivity contribution is 7.09. The number of hydrogen-bond acceptors (Lipinski definition) is 18. The minimum absolute atomic E-state index is 0. The number of carbonyl (C=O) groups excluding carboxylic acids is 3. The lowest BCUT2D eigenvalue weighted by Crippen LogP contribution is -2.55. The second-order valence-electron chi connectivity index (χ2n) is 33.0. The number of carbonyl (C=O) groups is 3. The van der Waals surface area contributed by atoms with Crippen LogP contribution in [0.15, 0.2) is 142 Å². The van der Waals surface area contributed by atoms with Crippen LogP contribution in [0.4, 0.5) is 14.0 Å². The number of likely N-dealkylation sites (tertiary alicyclic amines) is 1. The zero-order valence-electron chi connectivity index (χ0n) is 67.5. The van der Waals surface area contributed by atoms with Gasteiger partial charge in [-0.25, -0.2) is 33.6 Å². The number of H-pyrrole nitrogens is 1. The van der Waals surface area contributed by atoms with Crippen molar-refractivity contribution in [3.8, 4) is 0 Å². The van der Waals surface area contributed by atoms with Gasteiger partial charge in [0.15, 0.2) is 5.58 Å². The SMILES string of the molecule is CC(C)c1nc(CN(C)C(=O)N[C@H](C(=O)N[C@@H](Cc2ccccc2)C[C@H](O)[C@H](Cc2ccccc2)NC(=O)OCc2cncs2)C(C)C)cs1.CC(N)C12CC3CC(CC(C3)C1)C2.CN(C)CCc1c[nH]c2ccc(Cn3cncn3)cc12.Cc1nc2n(c(=O)c1CCN1CCC(c3noc4cc(F)ccc34)CC1)CCCC2.Cl. The average molecular weight is 1620 g/mol. The number of aliphatic hydroxyl groups excluding tert-OH is 1. The van der Waals surface area contributed by atoms with E-state index in [1.165, 1.54) is 88.9 Å². The number of nitrogens with two attached hydrogens (primary N) is 1. The van der Waals surface area contributed by atoms with E-state index in [2.05, 4.69) is 115 Å². The second-order valence-corrected chi connectivity index (χ2v) is 34.9. The number of fused-ring (bicyclic) bond motifs is 3. The number of aryl methyl sites for hydroxylation is 2. The Morgan fingerprint density at radius 3 is 2.18 bits per heavy atom. The van der Waals surface area contributed by atoms with Gasteiger partial charge < -0.3 is 55.7 Å². The summed E-state index contributed by atoms with van der Waals surface area (Å²) in [5, 5.41) is 34.1. The van der Waals surface area contributed by atoms with Crippen LogP contribution in [0.25, 0.3) is 21.9 Å². The van der Waals surface area contributed by atoms with Crippen LogP contribution >= 0.6 is 35.1 Å². The molecule has 6 aromatic heterocycles. The molecule has 8 heterocycles. The Morgan fingerprint density at radius 2 is 1.54 bits per heavy atom. The van der Waals surface area contributed by atoms with Crippen molar-refractivity contribution in [3.63, 3.8) is 0 Å². The van der Waals surface area contributed by atoms with E-state index < -0.39 is 30.3 Å². The molecular weight excluding hydrogens is 1500 g/mol. The largest absolute Gasteiger partial charge is 0.444 e. The summed E-state index contributed by atoms with van der Waals surface area (Å²) >= 11 is 2.95. The number of nitrogens with one attached hydrogen (secondary N) is 4. The summed E-state index contributed by atoms with van der Waals surface area (Å²) in [5.74, 6) is 3.86. The molecule has 5 atom stereocenters. The maximum absolute atomic E-state index is 13.9. The average Bonchev–Trinajstić information content (AvgIpc) is 0.798. The Kier molecular flexibility index (Phi) is 30.7. The number of benzene rings is 4. The van der Waals surface area contributed by atoms with E-state index in [1.807, 2.05) is 96.1 Å². The lowest BCUT2D eigenvalue weighted by atomic mass is 9.48. The molecule has 1 saturated heterocycles.